The Balaban J connectivity index is 2.58. The smallest absolute Gasteiger partial charge is 0.344 e. The van der Waals surface area contributed by atoms with Crippen LogP contribution >= 0.6 is 0 Å². The molecule has 0 radical (unpaired) electrons. The van der Waals surface area contributed by atoms with Crippen LogP contribution in [0.2, 0.25) is 0 Å². The fourth-order valence-electron chi connectivity index (χ4n) is 1.78. The van der Waals surface area contributed by atoms with E-state index in [1.54, 1.807) is 0 Å². The molecule has 0 saturated heterocycles. The number of benzene rings is 1. The van der Waals surface area contributed by atoms with Crippen LogP contribution in [0.5, 0.6) is 5.75 Å². The van der Waals surface area contributed by atoms with Crippen molar-refractivity contribution in [3.05, 3.63) is 29.3 Å². The molecule has 0 heterocycles. The summed E-state index contributed by atoms with van der Waals surface area (Å²) in [7, 11) is 0. The number of ether oxygens (including phenoxy) is 2. The first-order chi connectivity index (χ1) is 10.7. The van der Waals surface area contributed by atoms with Crippen molar-refractivity contribution in [1.29, 1.82) is 0 Å². The Hall–Kier alpha value is -2.57. The summed E-state index contributed by atoms with van der Waals surface area (Å²) >= 11 is 0. The summed E-state index contributed by atoms with van der Waals surface area (Å²) in [4.78, 5) is 33.7. The van der Waals surface area contributed by atoms with Crippen LogP contribution in [0.1, 0.15) is 37.8 Å². The largest absolute Gasteiger partial charge is 0.482 e. The van der Waals surface area contributed by atoms with Gasteiger partial charge in [-0.15, -0.1) is 0 Å². The molecule has 0 spiro atoms. The zero-order valence-electron chi connectivity index (χ0n) is 13.7. The molecule has 0 fully saturated rings. The number of aryl methyl sites for hydroxylation is 1. The van der Waals surface area contributed by atoms with Crippen LogP contribution in [0.15, 0.2) is 18.2 Å². The van der Waals surface area contributed by atoms with Crippen LogP contribution < -0.4 is 15.8 Å². The highest BCUT2D eigenvalue weighted by Crippen LogP contribution is 2.24. The summed E-state index contributed by atoms with van der Waals surface area (Å²) in [6.45, 7) is 6.98. The predicted octanol–water partition coefficient (Wildman–Crippen LogP) is 1.62. The quantitative estimate of drug-likeness (QED) is 0.774. The highest BCUT2D eigenvalue weighted by Gasteiger charge is 2.19. The molecule has 3 amide bonds. The Morgan fingerprint density at radius 3 is 2.43 bits per heavy atom. The molecular formula is C16H22N2O5. The van der Waals surface area contributed by atoms with Crippen molar-refractivity contribution >= 4 is 17.9 Å². The molecule has 0 aliphatic carbocycles. The van der Waals surface area contributed by atoms with Crippen molar-refractivity contribution in [1.82, 2.24) is 5.32 Å². The Bertz CT molecular complexity index is 598. The molecule has 0 unspecified atom stereocenters. The molecule has 1 atom stereocenters. The lowest BCUT2D eigenvalue weighted by molar-refractivity contribution is -0.156. The van der Waals surface area contributed by atoms with Gasteiger partial charge in [-0.1, -0.05) is 26.0 Å². The second kappa shape index (κ2) is 8.17. The van der Waals surface area contributed by atoms with E-state index in [2.05, 4.69) is 13.8 Å². The molecular weight excluding hydrogens is 300 g/mol. The topological polar surface area (TPSA) is 108 Å². The van der Waals surface area contributed by atoms with E-state index in [4.69, 9.17) is 15.2 Å². The predicted molar refractivity (Wildman–Crippen MR) is 84.0 cm³/mol. The molecule has 0 bridgehead atoms. The van der Waals surface area contributed by atoms with E-state index in [-0.39, 0.29) is 6.61 Å². The fraction of sp³-hybridized carbons (Fsp3) is 0.438. The molecule has 7 heteroatoms. The maximum Gasteiger partial charge on any atom is 0.344 e. The number of carbonyl (C=O) groups excluding carboxylic acids is 3. The van der Waals surface area contributed by atoms with Crippen LogP contribution in [-0.2, 0) is 14.3 Å². The molecule has 1 aromatic rings. The van der Waals surface area contributed by atoms with Gasteiger partial charge < -0.3 is 15.2 Å². The fourth-order valence-corrected chi connectivity index (χ4v) is 1.78. The van der Waals surface area contributed by atoms with E-state index in [1.807, 2.05) is 30.4 Å². The lowest BCUT2D eigenvalue weighted by Gasteiger charge is -2.14. The van der Waals surface area contributed by atoms with Crippen molar-refractivity contribution in [3.63, 3.8) is 0 Å². The zero-order valence-corrected chi connectivity index (χ0v) is 13.7. The number of imide groups is 1. The Morgan fingerprint density at radius 1 is 1.22 bits per heavy atom. The first-order valence-corrected chi connectivity index (χ1v) is 7.23. The highest BCUT2D eigenvalue weighted by atomic mass is 16.6. The van der Waals surface area contributed by atoms with E-state index >= 15 is 0 Å². The van der Waals surface area contributed by atoms with Crippen LogP contribution in [-0.4, -0.2) is 30.6 Å². The molecule has 1 rings (SSSR count). The summed E-state index contributed by atoms with van der Waals surface area (Å²) in [5.41, 5.74) is 6.80. The second-order valence-electron chi connectivity index (χ2n) is 5.45. The average molecular weight is 322 g/mol. The van der Waals surface area contributed by atoms with Gasteiger partial charge in [-0.25, -0.2) is 9.59 Å². The Labute approximate surface area is 135 Å². The lowest BCUT2D eigenvalue weighted by atomic mass is 10.0. The molecule has 1 aromatic carbocycles. The third-order valence-electron chi connectivity index (χ3n) is 3.15. The molecule has 0 saturated carbocycles. The minimum Gasteiger partial charge on any atom is -0.482 e. The number of esters is 1. The van der Waals surface area contributed by atoms with Gasteiger partial charge in [0, 0.05) is 0 Å². The van der Waals surface area contributed by atoms with Crippen molar-refractivity contribution < 1.29 is 23.9 Å². The number of amides is 3. The first-order valence-electron chi connectivity index (χ1n) is 7.23. The second-order valence-corrected chi connectivity index (χ2v) is 5.45. The number of carbonyl (C=O) groups is 3. The van der Waals surface area contributed by atoms with Gasteiger partial charge in [0.05, 0.1) is 0 Å². The molecule has 0 aliphatic heterocycles. The van der Waals surface area contributed by atoms with Crippen LogP contribution in [0, 0.1) is 6.92 Å². The minimum atomic E-state index is -1.14. The zero-order chi connectivity index (χ0) is 17.6. The molecule has 0 aliphatic rings. The van der Waals surface area contributed by atoms with Crippen molar-refractivity contribution in [2.45, 2.75) is 39.7 Å². The first kappa shape index (κ1) is 18.5. The Morgan fingerprint density at radius 2 is 1.87 bits per heavy atom. The van der Waals surface area contributed by atoms with E-state index in [9.17, 15) is 14.4 Å². The van der Waals surface area contributed by atoms with Crippen LogP contribution in [0.25, 0.3) is 0 Å². The van der Waals surface area contributed by atoms with E-state index in [0.717, 1.165) is 11.1 Å². The van der Waals surface area contributed by atoms with E-state index in [1.165, 1.54) is 6.92 Å². The van der Waals surface area contributed by atoms with Crippen LogP contribution in [0.3, 0.4) is 0 Å². The summed E-state index contributed by atoms with van der Waals surface area (Å²) in [6.07, 6.45) is -1.14. The number of rotatable bonds is 6. The van der Waals surface area contributed by atoms with Gasteiger partial charge >= 0.3 is 12.0 Å². The van der Waals surface area contributed by atoms with Crippen molar-refractivity contribution in [3.8, 4) is 5.75 Å². The number of urea groups is 1. The van der Waals surface area contributed by atoms with Gasteiger partial charge in [0.2, 0.25) is 0 Å². The molecule has 0 aromatic heterocycles. The van der Waals surface area contributed by atoms with E-state index < -0.39 is 24.0 Å². The maximum absolute atomic E-state index is 11.7. The summed E-state index contributed by atoms with van der Waals surface area (Å²) in [6, 6.07) is 4.78. The van der Waals surface area contributed by atoms with Gasteiger partial charge in [-0.3, -0.25) is 10.1 Å². The molecule has 23 heavy (non-hydrogen) atoms. The number of nitrogens with one attached hydrogen (secondary N) is 1. The van der Waals surface area contributed by atoms with Crippen LogP contribution in [0.4, 0.5) is 4.79 Å². The van der Waals surface area contributed by atoms with Gasteiger partial charge in [-0.2, -0.15) is 0 Å². The highest BCUT2D eigenvalue weighted by molar-refractivity contribution is 5.96. The van der Waals surface area contributed by atoms with Crippen molar-refractivity contribution in [2.75, 3.05) is 6.61 Å². The molecule has 126 valence electrons. The third-order valence-corrected chi connectivity index (χ3v) is 3.15. The van der Waals surface area contributed by atoms with E-state index in [0.29, 0.717) is 11.7 Å². The summed E-state index contributed by atoms with van der Waals surface area (Å²) < 4.78 is 10.3. The van der Waals surface area contributed by atoms with Gasteiger partial charge in [0.1, 0.15) is 5.75 Å². The number of hydrogen-bond acceptors (Lipinski definition) is 5. The summed E-state index contributed by atoms with van der Waals surface area (Å²) in [5, 5.41) is 1.83. The number of hydrogen-bond donors (Lipinski definition) is 2. The van der Waals surface area contributed by atoms with Gasteiger partial charge in [0.25, 0.3) is 5.91 Å². The minimum absolute atomic E-state index is 0.336. The standard InChI is InChI=1S/C16H22N2O5/c1-9(2)12-6-5-10(3)13(7-12)22-8-14(19)23-11(4)15(20)18-16(17)21/h5-7,9,11H,8H2,1-4H3,(H3,17,18,20,21)/t11-/m1/s1. The van der Waals surface area contributed by atoms with Gasteiger partial charge in [-0.05, 0) is 37.0 Å². The van der Waals surface area contributed by atoms with Gasteiger partial charge in [0.15, 0.2) is 12.7 Å². The molecule has 7 nitrogen and oxygen atoms in total. The normalized spacial score (nSPS) is 11.7. The maximum atomic E-state index is 11.7. The SMILES string of the molecule is Cc1ccc(C(C)C)cc1OCC(=O)O[C@H](C)C(=O)NC(N)=O. The number of nitrogens with two attached hydrogens (primary N) is 1. The average Bonchev–Trinajstić information content (AvgIpc) is 2.45. The molecule has 3 N–H and O–H groups in total. The monoisotopic (exact) mass is 322 g/mol. The van der Waals surface area contributed by atoms with Crippen molar-refractivity contribution in [2.24, 2.45) is 5.73 Å². The number of primary amides is 1. The third kappa shape index (κ3) is 5.98. The summed E-state index contributed by atoms with van der Waals surface area (Å²) in [5.74, 6) is -0.583. The Kier molecular flexibility index (Phi) is 6.56. The lowest BCUT2D eigenvalue weighted by Crippen LogP contribution is -2.42.